The van der Waals surface area contributed by atoms with Gasteiger partial charge in [0.1, 0.15) is 5.75 Å². The normalized spacial score (nSPS) is 12.1. The number of benzene rings is 2. The van der Waals surface area contributed by atoms with Crippen LogP contribution in [0.25, 0.3) is 6.08 Å². The summed E-state index contributed by atoms with van der Waals surface area (Å²) in [6, 6.07) is 17.4. The predicted octanol–water partition coefficient (Wildman–Crippen LogP) is 3.59. The van der Waals surface area contributed by atoms with Crippen LogP contribution in [0.15, 0.2) is 60.7 Å². The van der Waals surface area contributed by atoms with Crippen LogP contribution in [-0.4, -0.2) is 13.0 Å². The number of nitrogens with one attached hydrogen (secondary N) is 1. The van der Waals surface area contributed by atoms with Crippen LogP contribution in [0.1, 0.15) is 24.1 Å². The molecule has 0 saturated heterocycles. The summed E-state index contributed by atoms with van der Waals surface area (Å²) in [5, 5.41) is 2.94. The van der Waals surface area contributed by atoms with E-state index < -0.39 is 0 Å². The summed E-state index contributed by atoms with van der Waals surface area (Å²) in [6.45, 7) is 1.97. The first-order valence-electron chi connectivity index (χ1n) is 6.86. The van der Waals surface area contributed by atoms with Crippen molar-refractivity contribution in [2.24, 2.45) is 0 Å². The van der Waals surface area contributed by atoms with Gasteiger partial charge in [0.05, 0.1) is 13.2 Å². The van der Waals surface area contributed by atoms with E-state index >= 15 is 0 Å². The number of methoxy groups -OCH3 is 1. The molecule has 2 rings (SSSR count). The Hall–Kier alpha value is -2.55. The molecule has 0 saturated carbocycles. The van der Waals surface area contributed by atoms with Gasteiger partial charge in [-0.2, -0.15) is 0 Å². The summed E-state index contributed by atoms with van der Waals surface area (Å²) in [7, 11) is 1.63. The molecule has 0 heterocycles. The molecule has 0 bridgehead atoms. The minimum atomic E-state index is -0.109. The van der Waals surface area contributed by atoms with Crippen molar-refractivity contribution >= 4 is 12.0 Å². The molecular formula is C18H19NO2. The Morgan fingerprint density at radius 1 is 1.10 bits per heavy atom. The van der Waals surface area contributed by atoms with Crippen molar-refractivity contribution < 1.29 is 9.53 Å². The standard InChI is InChI=1S/C18H19NO2/c1-14(16-6-4-3-5-7-16)19-18(20)13-10-15-8-11-17(21-2)12-9-15/h3-14H,1-2H3,(H,19,20)/b13-10+/t14-/m0/s1. The number of ether oxygens (including phenoxy) is 1. The van der Waals surface area contributed by atoms with Crippen LogP contribution in [0.3, 0.4) is 0 Å². The first-order chi connectivity index (χ1) is 10.2. The van der Waals surface area contributed by atoms with Gasteiger partial charge in [-0.1, -0.05) is 42.5 Å². The molecule has 108 valence electrons. The Kier molecular flexibility index (Phi) is 5.16. The highest BCUT2D eigenvalue weighted by Crippen LogP contribution is 2.13. The second kappa shape index (κ2) is 7.29. The third-order valence-electron chi connectivity index (χ3n) is 3.20. The summed E-state index contributed by atoms with van der Waals surface area (Å²) >= 11 is 0. The molecule has 1 atom stereocenters. The van der Waals surface area contributed by atoms with Crippen molar-refractivity contribution in [3.8, 4) is 5.75 Å². The highest BCUT2D eigenvalue weighted by atomic mass is 16.5. The summed E-state index contributed by atoms with van der Waals surface area (Å²) in [5.74, 6) is 0.691. The average molecular weight is 281 g/mol. The fraction of sp³-hybridized carbons (Fsp3) is 0.167. The second-order valence-electron chi connectivity index (χ2n) is 4.75. The van der Waals surface area contributed by atoms with Crippen LogP contribution in [-0.2, 0) is 4.79 Å². The summed E-state index contributed by atoms with van der Waals surface area (Å²) in [5.41, 5.74) is 2.04. The molecule has 0 aromatic heterocycles. The molecule has 2 aromatic carbocycles. The molecular weight excluding hydrogens is 262 g/mol. The van der Waals surface area contributed by atoms with Crippen LogP contribution in [0.4, 0.5) is 0 Å². The van der Waals surface area contributed by atoms with Gasteiger partial charge in [-0.05, 0) is 36.3 Å². The van der Waals surface area contributed by atoms with Crippen molar-refractivity contribution in [2.45, 2.75) is 13.0 Å². The molecule has 2 aromatic rings. The lowest BCUT2D eigenvalue weighted by Gasteiger charge is -2.12. The van der Waals surface area contributed by atoms with Crippen molar-refractivity contribution in [3.05, 3.63) is 71.8 Å². The number of carbonyl (C=O) groups excluding carboxylic acids is 1. The lowest BCUT2D eigenvalue weighted by molar-refractivity contribution is -0.117. The monoisotopic (exact) mass is 281 g/mol. The molecule has 0 spiro atoms. The van der Waals surface area contributed by atoms with Gasteiger partial charge in [-0.25, -0.2) is 0 Å². The fourth-order valence-corrected chi connectivity index (χ4v) is 1.97. The highest BCUT2D eigenvalue weighted by Gasteiger charge is 2.06. The van der Waals surface area contributed by atoms with Gasteiger partial charge in [0.2, 0.25) is 5.91 Å². The molecule has 0 fully saturated rings. The first kappa shape index (κ1) is 14.9. The smallest absolute Gasteiger partial charge is 0.244 e. The average Bonchev–Trinajstić information content (AvgIpc) is 2.54. The number of amides is 1. The van der Waals surface area contributed by atoms with Gasteiger partial charge < -0.3 is 10.1 Å². The van der Waals surface area contributed by atoms with Crippen LogP contribution >= 0.6 is 0 Å². The maximum absolute atomic E-state index is 11.9. The van der Waals surface area contributed by atoms with E-state index in [2.05, 4.69) is 5.32 Å². The van der Waals surface area contributed by atoms with Crippen LogP contribution < -0.4 is 10.1 Å². The van der Waals surface area contributed by atoms with Gasteiger partial charge in [0.25, 0.3) is 0 Å². The third kappa shape index (κ3) is 4.49. The summed E-state index contributed by atoms with van der Waals surface area (Å²) in [6.07, 6.45) is 3.33. The maximum Gasteiger partial charge on any atom is 0.244 e. The quantitative estimate of drug-likeness (QED) is 0.851. The number of hydrogen-bond donors (Lipinski definition) is 1. The van der Waals surface area contributed by atoms with Gasteiger partial charge in [0.15, 0.2) is 0 Å². The van der Waals surface area contributed by atoms with Crippen LogP contribution in [0, 0.1) is 0 Å². The van der Waals surface area contributed by atoms with E-state index in [0.717, 1.165) is 16.9 Å². The molecule has 0 aliphatic rings. The maximum atomic E-state index is 11.9. The fourth-order valence-electron chi connectivity index (χ4n) is 1.97. The number of hydrogen-bond acceptors (Lipinski definition) is 2. The molecule has 21 heavy (non-hydrogen) atoms. The van der Waals surface area contributed by atoms with E-state index in [1.807, 2.05) is 61.5 Å². The molecule has 3 heteroatoms. The zero-order valence-electron chi connectivity index (χ0n) is 12.2. The Bertz CT molecular complexity index is 603. The van der Waals surface area contributed by atoms with E-state index in [0.29, 0.717) is 0 Å². The number of rotatable bonds is 5. The van der Waals surface area contributed by atoms with Crippen molar-refractivity contribution in [3.63, 3.8) is 0 Å². The Labute approximate surface area is 125 Å². The Balaban J connectivity index is 1.93. The zero-order valence-corrected chi connectivity index (χ0v) is 12.2. The van der Waals surface area contributed by atoms with Crippen molar-refractivity contribution in [2.75, 3.05) is 7.11 Å². The molecule has 0 aliphatic carbocycles. The Morgan fingerprint density at radius 2 is 1.76 bits per heavy atom. The lowest BCUT2D eigenvalue weighted by Crippen LogP contribution is -2.24. The number of carbonyl (C=O) groups is 1. The molecule has 1 amide bonds. The molecule has 0 unspecified atom stereocenters. The largest absolute Gasteiger partial charge is 0.497 e. The second-order valence-corrected chi connectivity index (χ2v) is 4.75. The Morgan fingerprint density at radius 3 is 2.38 bits per heavy atom. The first-order valence-corrected chi connectivity index (χ1v) is 6.86. The van der Waals surface area contributed by atoms with Crippen molar-refractivity contribution in [1.29, 1.82) is 0 Å². The van der Waals surface area contributed by atoms with Crippen LogP contribution in [0.5, 0.6) is 5.75 Å². The van der Waals surface area contributed by atoms with Crippen molar-refractivity contribution in [1.82, 2.24) is 5.32 Å². The summed E-state index contributed by atoms with van der Waals surface area (Å²) in [4.78, 5) is 11.9. The lowest BCUT2D eigenvalue weighted by atomic mass is 10.1. The van der Waals surface area contributed by atoms with E-state index in [1.54, 1.807) is 19.3 Å². The van der Waals surface area contributed by atoms with E-state index in [9.17, 15) is 4.79 Å². The molecule has 3 nitrogen and oxygen atoms in total. The minimum absolute atomic E-state index is 0.0146. The molecule has 0 radical (unpaired) electrons. The van der Waals surface area contributed by atoms with Gasteiger partial charge in [-0.15, -0.1) is 0 Å². The van der Waals surface area contributed by atoms with Crippen LogP contribution in [0.2, 0.25) is 0 Å². The van der Waals surface area contributed by atoms with E-state index in [-0.39, 0.29) is 11.9 Å². The topological polar surface area (TPSA) is 38.3 Å². The van der Waals surface area contributed by atoms with Gasteiger partial charge >= 0.3 is 0 Å². The van der Waals surface area contributed by atoms with E-state index in [1.165, 1.54) is 0 Å². The highest BCUT2D eigenvalue weighted by molar-refractivity contribution is 5.91. The summed E-state index contributed by atoms with van der Waals surface area (Å²) < 4.78 is 5.09. The van der Waals surface area contributed by atoms with Gasteiger partial charge in [0, 0.05) is 6.08 Å². The molecule has 1 N–H and O–H groups in total. The van der Waals surface area contributed by atoms with Gasteiger partial charge in [-0.3, -0.25) is 4.79 Å². The third-order valence-corrected chi connectivity index (χ3v) is 3.20. The SMILES string of the molecule is COc1ccc(/C=C/C(=O)N[C@@H](C)c2ccccc2)cc1. The molecule has 0 aliphatic heterocycles. The zero-order chi connectivity index (χ0) is 15.1. The minimum Gasteiger partial charge on any atom is -0.497 e. The van der Waals surface area contributed by atoms with E-state index in [4.69, 9.17) is 4.74 Å². The predicted molar refractivity (Wildman–Crippen MR) is 85.0 cm³/mol.